The van der Waals surface area contributed by atoms with Crippen molar-refractivity contribution in [3.8, 4) is 0 Å². The maximum Gasteiger partial charge on any atom is 0.143 e. The topological polar surface area (TPSA) is 0 Å². The average Bonchev–Trinajstić information content (AvgIpc) is 2.48. The van der Waals surface area contributed by atoms with Gasteiger partial charge in [0.2, 0.25) is 0 Å². The normalized spacial score (nSPS) is 11.0. The molecule has 0 saturated heterocycles. The fourth-order valence-corrected chi connectivity index (χ4v) is 2.75. The third-order valence-corrected chi connectivity index (χ3v) is 4.10. The first-order valence-corrected chi connectivity index (χ1v) is 5.96. The Labute approximate surface area is 92.5 Å². The Bertz CT molecular complexity index is 413. The second kappa shape index (κ2) is 3.56. The highest BCUT2D eigenvalue weighted by atomic mass is 79.9. The third kappa shape index (κ3) is 1.73. The number of rotatable bonds is 1. The number of hydrogen-bond donors (Lipinski definition) is 0. The molecule has 1 aromatic heterocycles. The monoisotopic (exact) mass is 278 g/mol. The van der Waals surface area contributed by atoms with E-state index in [1.165, 1.54) is 10.9 Å². The fourth-order valence-electron chi connectivity index (χ4n) is 1.16. The van der Waals surface area contributed by atoms with E-state index in [4.69, 9.17) is 11.6 Å². The Morgan fingerprint density at radius 2 is 2.15 bits per heavy atom. The predicted molar refractivity (Wildman–Crippen MR) is 59.4 cm³/mol. The smallest absolute Gasteiger partial charge is 0.143 e. The summed E-state index contributed by atoms with van der Waals surface area (Å²) in [5.74, 6) is -0.350. The molecule has 0 aliphatic rings. The van der Waals surface area contributed by atoms with Crippen LogP contribution in [0.1, 0.15) is 4.88 Å². The Balaban J connectivity index is 2.70. The van der Waals surface area contributed by atoms with Crippen molar-refractivity contribution in [2.24, 2.45) is 0 Å². The molecule has 0 spiro atoms. The molecule has 0 aliphatic carbocycles. The molecule has 0 fully saturated rings. The molecule has 68 valence electrons. The quantitative estimate of drug-likeness (QED) is 0.670. The van der Waals surface area contributed by atoms with Crippen LogP contribution in [0, 0.1) is 5.82 Å². The van der Waals surface area contributed by atoms with Crippen molar-refractivity contribution in [3.63, 3.8) is 0 Å². The van der Waals surface area contributed by atoms with Crippen molar-refractivity contribution < 1.29 is 4.39 Å². The lowest BCUT2D eigenvalue weighted by Gasteiger charge is -1.92. The molecule has 2 rings (SSSR count). The van der Waals surface area contributed by atoms with Gasteiger partial charge in [0, 0.05) is 14.9 Å². The SMILES string of the molecule is Fc1cc2sc(CBr)cc2cc1Cl. The Kier molecular flexibility index (Phi) is 2.58. The van der Waals surface area contributed by atoms with Gasteiger partial charge in [-0.15, -0.1) is 11.3 Å². The van der Waals surface area contributed by atoms with Gasteiger partial charge in [0.05, 0.1) is 5.02 Å². The van der Waals surface area contributed by atoms with E-state index in [1.807, 2.05) is 6.07 Å². The van der Waals surface area contributed by atoms with Crippen molar-refractivity contribution in [1.82, 2.24) is 0 Å². The Morgan fingerprint density at radius 3 is 2.85 bits per heavy atom. The van der Waals surface area contributed by atoms with E-state index in [0.29, 0.717) is 0 Å². The van der Waals surface area contributed by atoms with Gasteiger partial charge in [0.15, 0.2) is 0 Å². The summed E-state index contributed by atoms with van der Waals surface area (Å²) in [5.41, 5.74) is 0. The first kappa shape index (κ1) is 9.44. The first-order chi connectivity index (χ1) is 6.20. The van der Waals surface area contributed by atoms with Crippen molar-refractivity contribution in [2.75, 3.05) is 0 Å². The van der Waals surface area contributed by atoms with Crippen LogP contribution >= 0.6 is 38.9 Å². The molecular weight excluding hydrogens is 275 g/mol. The fraction of sp³-hybridized carbons (Fsp3) is 0.111. The van der Waals surface area contributed by atoms with Crippen LogP contribution in [0.2, 0.25) is 5.02 Å². The van der Waals surface area contributed by atoms with Crippen LogP contribution in [-0.2, 0) is 5.33 Å². The molecule has 2 aromatic rings. The second-order valence-electron chi connectivity index (χ2n) is 2.65. The van der Waals surface area contributed by atoms with E-state index in [9.17, 15) is 4.39 Å². The van der Waals surface area contributed by atoms with E-state index in [1.54, 1.807) is 17.4 Å². The minimum Gasteiger partial charge on any atom is -0.205 e. The molecule has 0 aliphatic heterocycles. The molecule has 1 heterocycles. The molecular formula is C9H5BrClFS. The molecule has 0 amide bonds. The standard InChI is InChI=1S/C9H5BrClFS/c10-4-6-1-5-2-7(11)8(12)3-9(5)13-6/h1-3H,4H2. The van der Waals surface area contributed by atoms with E-state index in [2.05, 4.69) is 15.9 Å². The van der Waals surface area contributed by atoms with Crippen LogP contribution in [0.5, 0.6) is 0 Å². The van der Waals surface area contributed by atoms with Crippen LogP contribution in [0.4, 0.5) is 4.39 Å². The van der Waals surface area contributed by atoms with Crippen LogP contribution in [0.3, 0.4) is 0 Å². The number of fused-ring (bicyclic) bond motifs is 1. The van der Waals surface area contributed by atoms with Crippen LogP contribution in [-0.4, -0.2) is 0 Å². The molecule has 0 bridgehead atoms. The van der Waals surface area contributed by atoms with Crippen molar-refractivity contribution in [2.45, 2.75) is 5.33 Å². The summed E-state index contributed by atoms with van der Waals surface area (Å²) in [6.07, 6.45) is 0. The summed E-state index contributed by atoms with van der Waals surface area (Å²) in [4.78, 5) is 1.18. The highest BCUT2D eigenvalue weighted by molar-refractivity contribution is 9.08. The van der Waals surface area contributed by atoms with Gasteiger partial charge in [-0.2, -0.15) is 0 Å². The summed E-state index contributed by atoms with van der Waals surface area (Å²) in [7, 11) is 0. The number of halogens is 3. The summed E-state index contributed by atoms with van der Waals surface area (Å²) in [6, 6.07) is 5.16. The predicted octanol–water partition coefficient (Wildman–Crippen LogP) is 4.59. The number of thiophene rings is 1. The maximum atomic E-state index is 13.0. The molecule has 0 atom stereocenters. The summed E-state index contributed by atoms with van der Waals surface area (Å²) >= 11 is 10.6. The molecule has 1 aromatic carbocycles. The van der Waals surface area contributed by atoms with Gasteiger partial charge in [-0.3, -0.25) is 0 Å². The lowest BCUT2D eigenvalue weighted by atomic mass is 10.2. The van der Waals surface area contributed by atoms with Crippen LogP contribution < -0.4 is 0 Å². The zero-order valence-corrected chi connectivity index (χ0v) is 9.64. The number of hydrogen-bond acceptors (Lipinski definition) is 1. The third-order valence-electron chi connectivity index (χ3n) is 1.74. The van der Waals surface area contributed by atoms with Gasteiger partial charge in [0.25, 0.3) is 0 Å². The maximum absolute atomic E-state index is 13.0. The average molecular weight is 280 g/mol. The second-order valence-corrected chi connectivity index (χ2v) is 4.79. The Morgan fingerprint density at radius 1 is 1.38 bits per heavy atom. The zero-order chi connectivity index (χ0) is 9.42. The molecule has 0 saturated carbocycles. The lowest BCUT2D eigenvalue weighted by Crippen LogP contribution is -1.73. The minimum atomic E-state index is -0.350. The van der Waals surface area contributed by atoms with E-state index >= 15 is 0 Å². The molecule has 0 nitrogen and oxygen atoms in total. The van der Waals surface area contributed by atoms with Gasteiger partial charge in [-0.25, -0.2) is 4.39 Å². The van der Waals surface area contributed by atoms with E-state index in [-0.39, 0.29) is 10.8 Å². The highest BCUT2D eigenvalue weighted by Crippen LogP contribution is 2.30. The van der Waals surface area contributed by atoms with Gasteiger partial charge in [0.1, 0.15) is 5.82 Å². The van der Waals surface area contributed by atoms with Crippen molar-refractivity contribution in [1.29, 1.82) is 0 Å². The zero-order valence-electron chi connectivity index (χ0n) is 6.48. The van der Waals surface area contributed by atoms with Crippen LogP contribution in [0.15, 0.2) is 18.2 Å². The summed E-state index contributed by atoms with van der Waals surface area (Å²) in [5, 5.41) is 1.99. The van der Waals surface area contributed by atoms with Crippen molar-refractivity contribution >= 4 is 49.0 Å². The molecule has 0 N–H and O–H groups in total. The number of benzene rings is 1. The lowest BCUT2D eigenvalue weighted by molar-refractivity contribution is 0.630. The summed E-state index contributed by atoms with van der Waals surface area (Å²) < 4.78 is 14.0. The van der Waals surface area contributed by atoms with Gasteiger partial charge >= 0.3 is 0 Å². The first-order valence-electron chi connectivity index (χ1n) is 3.64. The minimum absolute atomic E-state index is 0.187. The van der Waals surface area contributed by atoms with Crippen LogP contribution in [0.25, 0.3) is 10.1 Å². The van der Waals surface area contributed by atoms with Gasteiger partial charge < -0.3 is 0 Å². The molecule has 13 heavy (non-hydrogen) atoms. The van der Waals surface area contributed by atoms with Crippen molar-refractivity contribution in [3.05, 3.63) is 33.9 Å². The number of alkyl halides is 1. The van der Waals surface area contributed by atoms with E-state index < -0.39 is 0 Å². The Hall–Kier alpha value is -0.120. The van der Waals surface area contributed by atoms with Gasteiger partial charge in [-0.1, -0.05) is 27.5 Å². The highest BCUT2D eigenvalue weighted by Gasteiger charge is 2.05. The van der Waals surface area contributed by atoms with Gasteiger partial charge in [-0.05, 0) is 23.6 Å². The van der Waals surface area contributed by atoms with E-state index in [0.717, 1.165) is 15.4 Å². The molecule has 4 heteroatoms. The molecule has 0 unspecified atom stereocenters. The summed E-state index contributed by atoms with van der Waals surface area (Å²) in [6.45, 7) is 0. The molecule has 0 radical (unpaired) electrons. The largest absolute Gasteiger partial charge is 0.205 e.